The lowest BCUT2D eigenvalue weighted by Crippen LogP contribution is -2.25. The van der Waals surface area contributed by atoms with Crippen molar-refractivity contribution in [2.75, 3.05) is 6.54 Å². The molecule has 0 aliphatic carbocycles. The van der Waals surface area contributed by atoms with E-state index in [0.29, 0.717) is 6.54 Å². The van der Waals surface area contributed by atoms with Crippen LogP contribution in [0.25, 0.3) is 0 Å². The predicted octanol–water partition coefficient (Wildman–Crippen LogP) is 1.02. The Labute approximate surface area is 63.3 Å². The Morgan fingerprint density at radius 1 is 1.60 bits per heavy atom. The van der Waals surface area contributed by atoms with Gasteiger partial charge < -0.3 is 11.5 Å². The zero-order valence-corrected chi connectivity index (χ0v) is 6.93. The molecule has 0 saturated carbocycles. The molecule has 0 aliphatic heterocycles. The lowest BCUT2D eigenvalue weighted by Gasteiger charge is -2.12. The largest absolute Gasteiger partial charge is 0.330 e. The second kappa shape index (κ2) is 5.45. The Morgan fingerprint density at radius 2 is 2.20 bits per heavy atom. The van der Waals surface area contributed by atoms with Crippen LogP contribution in [0.1, 0.15) is 26.7 Å². The Morgan fingerprint density at radius 3 is 2.50 bits per heavy atom. The molecule has 1 unspecified atom stereocenters. The van der Waals surface area contributed by atoms with Crippen LogP contribution in [-0.2, 0) is 0 Å². The molecule has 2 heteroatoms. The fourth-order valence-corrected chi connectivity index (χ4v) is 1.05. The minimum absolute atomic E-state index is 0.181. The number of hydrogen-bond acceptors (Lipinski definition) is 2. The van der Waals surface area contributed by atoms with Gasteiger partial charge in [-0.15, -0.1) is 0 Å². The van der Waals surface area contributed by atoms with E-state index in [1.165, 1.54) is 5.57 Å². The predicted molar refractivity (Wildman–Crippen MR) is 45.7 cm³/mol. The zero-order valence-electron chi connectivity index (χ0n) is 6.93. The van der Waals surface area contributed by atoms with E-state index in [1.54, 1.807) is 0 Å². The summed E-state index contributed by atoms with van der Waals surface area (Å²) in [5.41, 5.74) is 12.5. The quantitative estimate of drug-likeness (QED) is 0.576. The molecule has 1 atom stereocenters. The summed E-state index contributed by atoms with van der Waals surface area (Å²) in [6.45, 7) is 4.82. The average Bonchev–Trinajstić information content (AvgIpc) is 1.91. The van der Waals surface area contributed by atoms with Crippen molar-refractivity contribution in [2.45, 2.75) is 32.7 Å². The van der Waals surface area contributed by atoms with Gasteiger partial charge in [0.15, 0.2) is 0 Å². The van der Waals surface area contributed by atoms with Crippen LogP contribution in [-0.4, -0.2) is 12.6 Å². The van der Waals surface area contributed by atoms with Gasteiger partial charge in [-0.05, 0) is 26.3 Å². The van der Waals surface area contributed by atoms with Crippen molar-refractivity contribution in [1.82, 2.24) is 0 Å². The van der Waals surface area contributed by atoms with Crippen LogP contribution in [0.3, 0.4) is 0 Å². The van der Waals surface area contributed by atoms with Crippen molar-refractivity contribution >= 4 is 0 Å². The summed E-state index contributed by atoms with van der Waals surface area (Å²) >= 11 is 0. The van der Waals surface area contributed by atoms with E-state index >= 15 is 0 Å². The first-order valence-corrected chi connectivity index (χ1v) is 3.87. The molecule has 0 aromatic heterocycles. The summed E-state index contributed by atoms with van der Waals surface area (Å²) in [4.78, 5) is 0. The van der Waals surface area contributed by atoms with Crippen LogP contribution in [0.15, 0.2) is 11.6 Å². The average molecular weight is 142 g/mol. The van der Waals surface area contributed by atoms with E-state index in [9.17, 15) is 0 Å². The van der Waals surface area contributed by atoms with E-state index < -0.39 is 0 Å². The van der Waals surface area contributed by atoms with Crippen LogP contribution in [0.5, 0.6) is 0 Å². The van der Waals surface area contributed by atoms with Crippen molar-refractivity contribution < 1.29 is 0 Å². The van der Waals surface area contributed by atoms with E-state index in [0.717, 1.165) is 12.8 Å². The van der Waals surface area contributed by atoms with Crippen molar-refractivity contribution in [3.8, 4) is 0 Å². The second-order valence-electron chi connectivity index (χ2n) is 2.40. The maximum Gasteiger partial charge on any atom is 0.0265 e. The van der Waals surface area contributed by atoms with E-state index in [2.05, 4.69) is 13.0 Å². The van der Waals surface area contributed by atoms with E-state index in [-0.39, 0.29) is 6.04 Å². The van der Waals surface area contributed by atoms with Crippen LogP contribution in [0, 0.1) is 0 Å². The molecule has 0 heterocycles. The number of hydrogen-bond donors (Lipinski definition) is 2. The zero-order chi connectivity index (χ0) is 7.98. The second-order valence-corrected chi connectivity index (χ2v) is 2.40. The molecular weight excluding hydrogens is 124 g/mol. The molecule has 0 rings (SSSR count). The van der Waals surface area contributed by atoms with Gasteiger partial charge in [0.2, 0.25) is 0 Å². The first-order valence-electron chi connectivity index (χ1n) is 3.87. The molecule has 0 saturated heterocycles. The molecular formula is C8H18N2. The highest BCUT2D eigenvalue weighted by molar-refractivity contribution is 5.07. The van der Waals surface area contributed by atoms with Crippen molar-refractivity contribution in [2.24, 2.45) is 11.5 Å². The number of rotatable bonds is 4. The van der Waals surface area contributed by atoms with Gasteiger partial charge in [0.1, 0.15) is 0 Å². The molecule has 0 aliphatic rings. The van der Waals surface area contributed by atoms with Gasteiger partial charge in [0.25, 0.3) is 0 Å². The van der Waals surface area contributed by atoms with E-state index in [1.807, 2.05) is 6.92 Å². The minimum Gasteiger partial charge on any atom is -0.330 e. The van der Waals surface area contributed by atoms with Gasteiger partial charge in [0, 0.05) is 6.04 Å². The maximum atomic E-state index is 5.80. The molecule has 4 N–H and O–H groups in total. The smallest absolute Gasteiger partial charge is 0.0265 e. The fraction of sp³-hybridized carbons (Fsp3) is 0.750. The van der Waals surface area contributed by atoms with Crippen LogP contribution in [0.2, 0.25) is 0 Å². The van der Waals surface area contributed by atoms with Crippen molar-refractivity contribution in [3.63, 3.8) is 0 Å². The van der Waals surface area contributed by atoms with Gasteiger partial charge in [0.05, 0.1) is 0 Å². The molecule has 0 aromatic rings. The summed E-state index contributed by atoms with van der Waals surface area (Å²) in [5, 5.41) is 0. The molecule has 0 spiro atoms. The van der Waals surface area contributed by atoms with Gasteiger partial charge in [-0.1, -0.05) is 18.6 Å². The summed E-state index contributed by atoms with van der Waals surface area (Å²) in [5.74, 6) is 0. The number of allylic oxidation sites excluding steroid dienone is 1. The fourth-order valence-electron chi connectivity index (χ4n) is 1.05. The van der Waals surface area contributed by atoms with Crippen molar-refractivity contribution in [3.05, 3.63) is 11.6 Å². The molecule has 0 radical (unpaired) electrons. The highest BCUT2D eigenvalue weighted by Gasteiger charge is 2.03. The molecule has 0 amide bonds. The standard InChI is InChI=1S/C8H18N2/c1-3-7(4-2)8(10)5-6-9/h3,8H,4-6,9-10H2,1-2H3/b7-3-. The monoisotopic (exact) mass is 142 g/mol. The Kier molecular flexibility index (Phi) is 5.26. The van der Waals surface area contributed by atoms with Crippen LogP contribution < -0.4 is 11.5 Å². The highest BCUT2D eigenvalue weighted by atomic mass is 14.7. The van der Waals surface area contributed by atoms with E-state index in [4.69, 9.17) is 11.5 Å². The Balaban J connectivity index is 3.77. The Bertz CT molecular complexity index is 108. The van der Waals surface area contributed by atoms with Crippen LogP contribution >= 0.6 is 0 Å². The minimum atomic E-state index is 0.181. The molecule has 2 nitrogen and oxygen atoms in total. The first-order chi connectivity index (χ1) is 4.76. The molecule has 60 valence electrons. The van der Waals surface area contributed by atoms with Gasteiger partial charge in [-0.2, -0.15) is 0 Å². The summed E-state index contributed by atoms with van der Waals surface area (Å²) in [6, 6.07) is 0.181. The van der Waals surface area contributed by atoms with Crippen LogP contribution in [0.4, 0.5) is 0 Å². The SMILES string of the molecule is C/C=C(/CC)C(N)CCN. The molecule has 10 heavy (non-hydrogen) atoms. The molecule has 0 fully saturated rings. The third-order valence-electron chi connectivity index (χ3n) is 1.73. The summed E-state index contributed by atoms with van der Waals surface area (Å²) < 4.78 is 0. The highest BCUT2D eigenvalue weighted by Crippen LogP contribution is 2.06. The van der Waals surface area contributed by atoms with Crippen molar-refractivity contribution in [1.29, 1.82) is 0 Å². The first kappa shape index (κ1) is 9.66. The normalized spacial score (nSPS) is 15.4. The van der Waals surface area contributed by atoms with Gasteiger partial charge in [-0.3, -0.25) is 0 Å². The lowest BCUT2D eigenvalue weighted by atomic mass is 10.0. The maximum absolute atomic E-state index is 5.80. The summed E-state index contributed by atoms with van der Waals surface area (Å²) in [6.07, 6.45) is 4.02. The molecule has 0 aromatic carbocycles. The summed E-state index contributed by atoms with van der Waals surface area (Å²) in [7, 11) is 0. The Hall–Kier alpha value is -0.340. The van der Waals surface area contributed by atoms with Gasteiger partial charge in [-0.25, -0.2) is 0 Å². The topological polar surface area (TPSA) is 52.0 Å². The number of nitrogens with two attached hydrogens (primary N) is 2. The lowest BCUT2D eigenvalue weighted by molar-refractivity contribution is 0.677. The van der Waals surface area contributed by atoms with Gasteiger partial charge >= 0.3 is 0 Å². The molecule has 0 bridgehead atoms. The third-order valence-corrected chi connectivity index (χ3v) is 1.73. The third kappa shape index (κ3) is 2.99.